The van der Waals surface area contributed by atoms with Gasteiger partial charge in [0.2, 0.25) is 5.91 Å². The van der Waals surface area contributed by atoms with Crippen LogP contribution in [0.4, 0.5) is 5.69 Å². The van der Waals surface area contributed by atoms with Gasteiger partial charge in [-0.05, 0) is 56.0 Å². The van der Waals surface area contributed by atoms with Crippen LogP contribution in [0.5, 0.6) is 0 Å². The minimum atomic E-state index is 0.167. The number of nitrogens with one attached hydrogen (secondary N) is 1. The van der Waals surface area contributed by atoms with Gasteiger partial charge in [0, 0.05) is 24.1 Å². The fraction of sp³-hybridized carbons (Fsp3) is 0.458. The molecule has 3 nitrogen and oxygen atoms in total. The van der Waals surface area contributed by atoms with Gasteiger partial charge in [0.1, 0.15) is 0 Å². The third-order valence-corrected chi connectivity index (χ3v) is 5.80. The Morgan fingerprint density at radius 1 is 1.07 bits per heavy atom. The highest BCUT2D eigenvalue weighted by atomic mass is 16.2. The molecule has 1 saturated heterocycles. The van der Waals surface area contributed by atoms with Crippen molar-refractivity contribution in [3.05, 3.63) is 66.2 Å². The molecule has 3 unspecified atom stereocenters. The molecule has 2 aromatic rings. The molecule has 1 fully saturated rings. The molecule has 27 heavy (non-hydrogen) atoms. The molecule has 3 heteroatoms. The van der Waals surface area contributed by atoms with E-state index in [9.17, 15) is 4.79 Å². The van der Waals surface area contributed by atoms with E-state index in [2.05, 4.69) is 59.6 Å². The molecular formula is C24H32N2O. The maximum Gasteiger partial charge on any atom is 0.226 e. The van der Waals surface area contributed by atoms with Crippen LogP contribution in [-0.2, 0) is 4.79 Å². The summed E-state index contributed by atoms with van der Waals surface area (Å²) in [4.78, 5) is 15.3. The summed E-state index contributed by atoms with van der Waals surface area (Å²) in [5, 5.41) is 3.57. The van der Waals surface area contributed by atoms with Gasteiger partial charge >= 0.3 is 0 Å². The number of amides is 1. The molecule has 1 amide bonds. The summed E-state index contributed by atoms with van der Waals surface area (Å²) in [6, 6.07) is 21.1. The van der Waals surface area contributed by atoms with Crippen LogP contribution in [-0.4, -0.2) is 25.0 Å². The molecule has 1 aliphatic heterocycles. The van der Waals surface area contributed by atoms with E-state index in [0.717, 1.165) is 25.2 Å². The molecule has 0 saturated carbocycles. The summed E-state index contributed by atoms with van der Waals surface area (Å²) in [5.41, 5.74) is 2.36. The second-order valence-electron chi connectivity index (χ2n) is 7.48. The Balaban J connectivity index is 2.07. The molecule has 1 N–H and O–H groups in total. The lowest BCUT2D eigenvalue weighted by Crippen LogP contribution is -2.52. The molecule has 144 valence electrons. The average molecular weight is 365 g/mol. The van der Waals surface area contributed by atoms with Crippen LogP contribution >= 0.6 is 0 Å². The Morgan fingerprint density at radius 2 is 1.74 bits per heavy atom. The Labute approximate surface area is 163 Å². The van der Waals surface area contributed by atoms with Gasteiger partial charge < -0.3 is 10.2 Å². The van der Waals surface area contributed by atoms with Gasteiger partial charge in [-0.3, -0.25) is 4.79 Å². The SMILES string of the molecule is CCC(=O)N(c1ccccc1)C(C1CCCNC1)C(CC)c1ccccc1. The zero-order chi connectivity index (χ0) is 19.1. The summed E-state index contributed by atoms with van der Waals surface area (Å²) < 4.78 is 0. The van der Waals surface area contributed by atoms with Gasteiger partial charge in [-0.1, -0.05) is 62.4 Å². The number of piperidine rings is 1. The molecule has 0 spiro atoms. The molecule has 0 radical (unpaired) electrons. The Hall–Kier alpha value is -2.13. The Bertz CT molecular complexity index is 695. The van der Waals surface area contributed by atoms with E-state index in [1.165, 1.54) is 18.4 Å². The molecule has 0 aromatic heterocycles. The molecule has 1 heterocycles. The fourth-order valence-electron chi connectivity index (χ4n) is 4.51. The number of para-hydroxylation sites is 1. The van der Waals surface area contributed by atoms with Crippen molar-refractivity contribution in [1.29, 1.82) is 0 Å². The summed E-state index contributed by atoms with van der Waals surface area (Å²) in [6.07, 6.45) is 3.89. The molecular weight excluding hydrogens is 332 g/mol. The maximum absolute atomic E-state index is 13.2. The van der Waals surface area contributed by atoms with Crippen molar-refractivity contribution in [3.63, 3.8) is 0 Å². The predicted octanol–water partition coefficient (Wildman–Crippen LogP) is 4.99. The van der Waals surface area contributed by atoms with E-state index in [0.29, 0.717) is 18.3 Å². The predicted molar refractivity (Wildman–Crippen MR) is 113 cm³/mol. The van der Waals surface area contributed by atoms with Crippen molar-refractivity contribution in [2.75, 3.05) is 18.0 Å². The van der Waals surface area contributed by atoms with E-state index in [1.54, 1.807) is 0 Å². The second kappa shape index (κ2) is 9.70. The number of benzene rings is 2. The van der Waals surface area contributed by atoms with Crippen LogP contribution in [0, 0.1) is 5.92 Å². The standard InChI is InChI=1S/C24H32N2O/c1-3-22(19-12-7-5-8-13-19)24(20-14-11-17-25-18-20)26(23(27)4-2)21-15-9-6-10-16-21/h5-10,12-13,15-16,20,22,24-25H,3-4,11,14,17-18H2,1-2H3. The highest BCUT2D eigenvalue weighted by Crippen LogP contribution is 2.37. The number of hydrogen-bond donors (Lipinski definition) is 1. The summed E-state index contributed by atoms with van der Waals surface area (Å²) in [6.45, 7) is 6.28. The van der Waals surface area contributed by atoms with Crippen LogP contribution in [0.1, 0.15) is 51.0 Å². The highest BCUT2D eigenvalue weighted by molar-refractivity contribution is 5.94. The van der Waals surface area contributed by atoms with E-state index >= 15 is 0 Å². The maximum atomic E-state index is 13.2. The first-order valence-corrected chi connectivity index (χ1v) is 10.4. The molecule has 0 aliphatic carbocycles. The van der Waals surface area contributed by atoms with E-state index in [-0.39, 0.29) is 11.9 Å². The van der Waals surface area contributed by atoms with Crippen molar-refractivity contribution in [1.82, 2.24) is 5.32 Å². The lowest BCUT2D eigenvalue weighted by atomic mass is 9.77. The van der Waals surface area contributed by atoms with Gasteiger partial charge in [-0.25, -0.2) is 0 Å². The smallest absolute Gasteiger partial charge is 0.226 e. The number of rotatable bonds is 7. The number of carbonyl (C=O) groups is 1. The van der Waals surface area contributed by atoms with Crippen molar-refractivity contribution in [2.45, 2.75) is 51.5 Å². The number of hydrogen-bond acceptors (Lipinski definition) is 2. The van der Waals surface area contributed by atoms with E-state index in [4.69, 9.17) is 0 Å². The first-order chi connectivity index (χ1) is 13.3. The number of carbonyl (C=O) groups excluding carboxylic acids is 1. The van der Waals surface area contributed by atoms with Crippen molar-refractivity contribution in [2.24, 2.45) is 5.92 Å². The van der Waals surface area contributed by atoms with E-state index in [1.807, 2.05) is 25.1 Å². The Kier molecular flexibility index (Phi) is 7.05. The molecule has 3 rings (SSSR count). The third-order valence-electron chi connectivity index (χ3n) is 5.80. The van der Waals surface area contributed by atoms with Crippen molar-refractivity contribution < 1.29 is 4.79 Å². The largest absolute Gasteiger partial charge is 0.316 e. The monoisotopic (exact) mass is 364 g/mol. The normalized spacial score (nSPS) is 19.3. The van der Waals surface area contributed by atoms with Gasteiger partial charge in [0.25, 0.3) is 0 Å². The second-order valence-corrected chi connectivity index (χ2v) is 7.48. The summed E-state index contributed by atoms with van der Waals surface area (Å²) in [5.74, 6) is 0.998. The topological polar surface area (TPSA) is 32.3 Å². The Morgan fingerprint density at radius 3 is 2.30 bits per heavy atom. The van der Waals surface area contributed by atoms with Gasteiger partial charge in [-0.2, -0.15) is 0 Å². The lowest BCUT2D eigenvalue weighted by molar-refractivity contribution is -0.119. The number of anilines is 1. The minimum absolute atomic E-state index is 0.167. The summed E-state index contributed by atoms with van der Waals surface area (Å²) >= 11 is 0. The number of nitrogens with zero attached hydrogens (tertiary/aromatic N) is 1. The average Bonchev–Trinajstić information content (AvgIpc) is 2.75. The van der Waals surface area contributed by atoms with Crippen LogP contribution in [0.25, 0.3) is 0 Å². The minimum Gasteiger partial charge on any atom is -0.316 e. The zero-order valence-electron chi connectivity index (χ0n) is 16.6. The summed E-state index contributed by atoms with van der Waals surface area (Å²) in [7, 11) is 0. The first-order valence-electron chi connectivity index (χ1n) is 10.4. The van der Waals surface area contributed by atoms with Gasteiger partial charge in [-0.15, -0.1) is 0 Å². The molecule has 3 atom stereocenters. The first kappa shape index (κ1) is 19.6. The van der Waals surface area contributed by atoms with E-state index < -0.39 is 0 Å². The van der Waals surface area contributed by atoms with Crippen molar-refractivity contribution >= 4 is 11.6 Å². The van der Waals surface area contributed by atoms with Crippen molar-refractivity contribution in [3.8, 4) is 0 Å². The van der Waals surface area contributed by atoms with Crippen LogP contribution in [0.2, 0.25) is 0 Å². The van der Waals surface area contributed by atoms with Gasteiger partial charge in [0.05, 0.1) is 0 Å². The third kappa shape index (κ3) is 4.59. The molecule has 0 bridgehead atoms. The lowest BCUT2D eigenvalue weighted by Gasteiger charge is -2.43. The van der Waals surface area contributed by atoms with Crippen LogP contribution in [0.3, 0.4) is 0 Å². The quantitative estimate of drug-likeness (QED) is 0.750. The van der Waals surface area contributed by atoms with Crippen LogP contribution in [0.15, 0.2) is 60.7 Å². The molecule has 2 aromatic carbocycles. The van der Waals surface area contributed by atoms with Crippen LogP contribution < -0.4 is 10.2 Å². The zero-order valence-corrected chi connectivity index (χ0v) is 16.6. The van der Waals surface area contributed by atoms with Gasteiger partial charge in [0.15, 0.2) is 0 Å². The molecule has 1 aliphatic rings. The highest BCUT2D eigenvalue weighted by Gasteiger charge is 2.37. The fourth-order valence-corrected chi connectivity index (χ4v) is 4.51.